The summed E-state index contributed by atoms with van der Waals surface area (Å²) in [6, 6.07) is 2.70. The number of methoxy groups -OCH3 is 1. The van der Waals surface area contributed by atoms with Crippen LogP contribution in [-0.2, 0) is 5.92 Å². The molecular weight excluding hydrogens is 190 g/mol. The maximum Gasteiger partial charge on any atom is 0.275 e. The average molecular weight is 202 g/mol. The van der Waals surface area contributed by atoms with E-state index in [1.54, 1.807) is 0 Å². The van der Waals surface area contributed by atoms with Crippen LogP contribution in [0.3, 0.4) is 0 Å². The van der Waals surface area contributed by atoms with E-state index >= 15 is 0 Å². The van der Waals surface area contributed by atoms with Crippen LogP contribution in [0.2, 0.25) is 0 Å². The number of rotatable bonds is 4. The van der Waals surface area contributed by atoms with Crippen molar-refractivity contribution in [3.05, 3.63) is 23.9 Å². The highest BCUT2D eigenvalue weighted by Gasteiger charge is 2.30. The van der Waals surface area contributed by atoms with Gasteiger partial charge in [0.2, 0.25) is 5.88 Å². The Morgan fingerprint density at radius 1 is 1.50 bits per heavy atom. The number of hydrogen-bond acceptors (Lipinski definition) is 3. The monoisotopic (exact) mass is 202 g/mol. The Labute approximate surface area is 80.9 Å². The summed E-state index contributed by atoms with van der Waals surface area (Å²) in [7, 11) is 1.43. The van der Waals surface area contributed by atoms with Gasteiger partial charge in [-0.1, -0.05) is 0 Å². The Bertz CT molecular complexity index is 287. The minimum atomic E-state index is -2.91. The van der Waals surface area contributed by atoms with Crippen LogP contribution < -0.4 is 10.5 Å². The zero-order valence-corrected chi connectivity index (χ0v) is 7.84. The maximum atomic E-state index is 13.2. The first-order valence-electron chi connectivity index (χ1n) is 4.18. The molecule has 3 nitrogen and oxygen atoms in total. The lowest BCUT2D eigenvalue weighted by Gasteiger charge is -2.15. The number of ether oxygens (including phenoxy) is 1. The number of halogens is 2. The van der Waals surface area contributed by atoms with Crippen LogP contribution in [0.5, 0.6) is 5.88 Å². The van der Waals surface area contributed by atoms with Gasteiger partial charge in [0.05, 0.1) is 7.11 Å². The Morgan fingerprint density at radius 3 is 2.64 bits per heavy atom. The third-order valence-corrected chi connectivity index (χ3v) is 1.83. The van der Waals surface area contributed by atoms with E-state index in [2.05, 4.69) is 4.98 Å². The predicted molar refractivity (Wildman–Crippen MR) is 48.4 cm³/mol. The fraction of sp³-hybridized carbons (Fsp3) is 0.444. The van der Waals surface area contributed by atoms with Gasteiger partial charge in [-0.3, -0.25) is 0 Å². The molecule has 5 heteroatoms. The molecule has 14 heavy (non-hydrogen) atoms. The molecule has 0 unspecified atom stereocenters. The van der Waals surface area contributed by atoms with Gasteiger partial charge in [0, 0.05) is 24.2 Å². The van der Waals surface area contributed by atoms with E-state index in [0.717, 1.165) is 6.20 Å². The number of hydrogen-bond donors (Lipinski definition) is 1. The fourth-order valence-corrected chi connectivity index (χ4v) is 1.04. The van der Waals surface area contributed by atoms with Gasteiger partial charge in [0.25, 0.3) is 5.92 Å². The quantitative estimate of drug-likeness (QED) is 0.805. The summed E-state index contributed by atoms with van der Waals surface area (Å²) in [6.45, 7) is -0.0565. The fourth-order valence-electron chi connectivity index (χ4n) is 1.04. The van der Waals surface area contributed by atoms with Gasteiger partial charge in [-0.25, -0.2) is 13.8 Å². The van der Waals surface area contributed by atoms with Gasteiger partial charge in [0.15, 0.2) is 0 Å². The smallest absolute Gasteiger partial charge is 0.275 e. The van der Waals surface area contributed by atoms with Gasteiger partial charge in [0.1, 0.15) is 0 Å². The summed E-state index contributed by atoms with van der Waals surface area (Å²) in [5, 5.41) is 0. The number of aromatic nitrogens is 1. The topological polar surface area (TPSA) is 48.1 Å². The molecule has 0 saturated heterocycles. The minimum absolute atomic E-state index is 0.0565. The summed E-state index contributed by atoms with van der Waals surface area (Å²) < 4.78 is 31.2. The van der Waals surface area contributed by atoms with Crippen molar-refractivity contribution < 1.29 is 13.5 Å². The van der Waals surface area contributed by atoms with Gasteiger partial charge in [-0.15, -0.1) is 0 Å². The van der Waals surface area contributed by atoms with Crippen LogP contribution in [-0.4, -0.2) is 18.6 Å². The number of nitrogens with two attached hydrogens (primary N) is 1. The van der Waals surface area contributed by atoms with E-state index in [0.29, 0.717) is 5.88 Å². The standard InChI is InChI=1S/C9H12F2N2O/c1-14-8-3-2-7(6-13-8)9(10,11)4-5-12/h2-3,6H,4-5,12H2,1H3. The zero-order chi connectivity index (χ0) is 10.6. The number of alkyl halides is 2. The van der Waals surface area contributed by atoms with Gasteiger partial charge in [-0.05, 0) is 12.6 Å². The summed E-state index contributed by atoms with van der Waals surface area (Å²) in [5.74, 6) is -2.59. The molecule has 78 valence electrons. The Hall–Kier alpha value is -1.23. The molecule has 1 rings (SSSR count). The number of pyridine rings is 1. The summed E-state index contributed by atoms with van der Waals surface area (Å²) in [5.41, 5.74) is 4.95. The highest BCUT2D eigenvalue weighted by atomic mass is 19.3. The van der Waals surface area contributed by atoms with Crippen molar-refractivity contribution in [3.63, 3.8) is 0 Å². The summed E-state index contributed by atoms with van der Waals surface area (Å²) in [6.07, 6.45) is 0.732. The SMILES string of the molecule is COc1ccc(C(F)(F)CCN)cn1. The molecule has 0 aliphatic heterocycles. The van der Waals surface area contributed by atoms with Crippen LogP contribution in [0.15, 0.2) is 18.3 Å². The first-order chi connectivity index (χ1) is 6.60. The van der Waals surface area contributed by atoms with Crippen molar-refractivity contribution in [1.82, 2.24) is 4.98 Å². The van der Waals surface area contributed by atoms with E-state index < -0.39 is 5.92 Å². The molecule has 0 fully saturated rings. The van der Waals surface area contributed by atoms with Crippen LogP contribution in [0.4, 0.5) is 8.78 Å². The highest BCUT2D eigenvalue weighted by molar-refractivity contribution is 5.21. The van der Waals surface area contributed by atoms with E-state index in [-0.39, 0.29) is 18.5 Å². The van der Waals surface area contributed by atoms with E-state index in [1.165, 1.54) is 19.2 Å². The predicted octanol–water partition coefficient (Wildman–Crippen LogP) is 1.53. The zero-order valence-electron chi connectivity index (χ0n) is 7.84. The third-order valence-electron chi connectivity index (χ3n) is 1.83. The van der Waals surface area contributed by atoms with Crippen molar-refractivity contribution in [2.45, 2.75) is 12.3 Å². The first-order valence-corrected chi connectivity index (χ1v) is 4.18. The molecule has 2 N–H and O–H groups in total. The second kappa shape index (κ2) is 4.32. The lowest BCUT2D eigenvalue weighted by Crippen LogP contribution is -2.18. The molecular formula is C9H12F2N2O. The second-order valence-electron chi connectivity index (χ2n) is 2.83. The Morgan fingerprint density at radius 2 is 2.21 bits per heavy atom. The molecule has 0 bridgehead atoms. The van der Waals surface area contributed by atoms with Crippen molar-refractivity contribution in [3.8, 4) is 5.88 Å². The van der Waals surface area contributed by atoms with E-state index in [4.69, 9.17) is 10.5 Å². The van der Waals surface area contributed by atoms with Crippen LogP contribution in [0.25, 0.3) is 0 Å². The molecule has 0 radical (unpaired) electrons. The van der Waals surface area contributed by atoms with Gasteiger partial charge < -0.3 is 10.5 Å². The molecule has 0 spiro atoms. The lowest BCUT2D eigenvalue weighted by atomic mass is 10.1. The largest absolute Gasteiger partial charge is 0.481 e. The maximum absolute atomic E-state index is 13.2. The average Bonchev–Trinajstić information content (AvgIpc) is 2.18. The highest BCUT2D eigenvalue weighted by Crippen LogP contribution is 2.30. The Balaban J connectivity index is 2.85. The molecule has 1 aromatic rings. The summed E-state index contributed by atoms with van der Waals surface area (Å²) in [4.78, 5) is 3.70. The van der Waals surface area contributed by atoms with Crippen molar-refractivity contribution in [2.24, 2.45) is 5.73 Å². The molecule has 0 atom stereocenters. The second-order valence-corrected chi connectivity index (χ2v) is 2.83. The lowest BCUT2D eigenvalue weighted by molar-refractivity contribution is -0.0111. The first kappa shape index (κ1) is 10.8. The van der Waals surface area contributed by atoms with Crippen molar-refractivity contribution in [2.75, 3.05) is 13.7 Å². The van der Waals surface area contributed by atoms with Crippen molar-refractivity contribution >= 4 is 0 Å². The molecule has 0 aliphatic carbocycles. The molecule has 0 aromatic carbocycles. The van der Waals surface area contributed by atoms with Crippen LogP contribution >= 0.6 is 0 Å². The third kappa shape index (κ3) is 2.38. The van der Waals surface area contributed by atoms with Crippen LogP contribution in [0, 0.1) is 0 Å². The molecule has 1 heterocycles. The minimum Gasteiger partial charge on any atom is -0.481 e. The molecule has 1 aromatic heterocycles. The normalized spacial score (nSPS) is 11.4. The molecule has 0 saturated carbocycles. The van der Waals surface area contributed by atoms with Crippen molar-refractivity contribution in [1.29, 1.82) is 0 Å². The summed E-state index contributed by atoms with van der Waals surface area (Å²) >= 11 is 0. The van der Waals surface area contributed by atoms with Crippen LogP contribution in [0.1, 0.15) is 12.0 Å². The van der Waals surface area contributed by atoms with E-state index in [1.807, 2.05) is 0 Å². The number of nitrogens with zero attached hydrogens (tertiary/aromatic N) is 1. The van der Waals surface area contributed by atoms with E-state index in [9.17, 15) is 8.78 Å². The Kier molecular flexibility index (Phi) is 3.35. The van der Waals surface area contributed by atoms with Gasteiger partial charge >= 0.3 is 0 Å². The molecule has 0 aliphatic rings. The molecule has 0 amide bonds. The van der Waals surface area contributed by atoms with Gasteiger partial charge in [-0.2, -0.15) is 0 Å².